The molecule has 1 aromatic heterocycles. The Morgan fingerprint density at radius 2 is 1.91 bits per heavy atom. The fourth-order valence-electron chi connectivity index (χ4n) is 1.71. The lowest BCUT2D eigenvalue weighted by molar-refractivity contribution is -0.155. The zero-order valence-corrected chi connectivity index (χ0v) is 14.8. The quantitative estimate of drug-likeness (QED) is 0.617. The first-order valence-corrected chi connectivity index (χ1v) is 7.60. The summed E-state index contributed by atoms with van der Waals surface area (Å²) in [5, 5.41) is 0.315. The number of esters is 1. The van der Waals surface area contributed by atoms with Crippen molar-refractivity contribution in [1.29, 1.82) is 0 Å². The summed E-state index contributed by atoms with van der Waals surface area (Å²) in [6.45, 7) is 8.80. The van der Waals surface area contributed by atoms with Gasteiger partial charge in [0.1, 0.15) is 17.3 Å². The van der Waals surface area contributed by atoms with E-state index in [-0.39, 0.29) is 34.2 Å². The van der Waals surface area contributed by atoms with E-state index in [4.69, 9.17) is 27.9 Å². The largest absolute Gasteiger partial charge is 0.459 e. The number of aromatic nitrogens is 1. The SMILES string of the molecule is CC(C)N(CC(=O)OC(C)(C)C)C(=O)c1cnc(Cl)c(Cl)c1. The predicted molar refractivity (Wildman–Crippen MR) is 86.3 cm³/mol. The van der Waals surface area contributed by atoms with Gasteiger partial charge in [-0.05, 0) is 40.7 Å². The molecule has 0 N–H and O–H groups in total. The van der Waals surface area contributed by atoms with Crippen molar-refractivity contribution in [2.75, 3.05) is 6.54 Å². The second-order valence-electron chi connectivity index (χ2n) is 6.11. The normalized spacial score (nSPS) is 11.5. The molecule has 0 radical (unpaired) electrons. The van der Waals surface area contributed by atoms with E-state index >= 15 is 0 Å². The van der Waals surface area contributed by atoms with Crippen molar-refractivity contribution in [3.05, 3.63) is 28.0 Å². The number of ether oxygens (including phenoxy) is 1. The highest BCUT2D eigenvalue weighted by Gasteiger charge is 2.25. The Balaban J connectivity index is 2.93. The van der Waals surface area contributed by atoms with Crippen molar-refractivity contribution in [3.8, 4) is 0 Å². The first-order valence-electron chi connectivity index (χ1n) is 6.85. The molecule has 1 amide bonds. The molecule has 0 aliphatic carbocycles. The highest BCUT2D eigenvalue weighted by atomic mass is 35.5. The van der Waals surface area contributed by atoms with Crippen molar-refractivity contribution in [2.24, 2.45) is 0 Å². The number of pyridine rings is 1. The smallest absolute Gasteiger partial charge is 0.326 e. The Morgan fingerprint density at radius 1 is 1.32 bits per heavy atom. The molecule has 122 valence electrons. The Bertz CT molecular complexity index is 568. The summed E-state index contributed by atoms with van der Waals surface area (Å²) in [5.74, 6) is -0.825. The summed E-state index contributed by atoms with van der Waals surface area (Å²) in [4.78, 5) is 29.7. The third kappa shape index (κ3) is 5.46. The number of hydrogen-bond acceptors (Lipinski definition) is 4. The van der Waals surface area contributed by atoms with Crippen molar-refractivity contribution in [2.45, 2.75) is 46.3 Å². The molecular formula is C15H20Cl2N2O3. The molecule has 1 heterocycles. The van der Waals surface area contributed by atoms with Crippen LogP contribution < -0.4 is 0 Å². The van der Waals surface area contributed by atoms with Crippen LogP contribution in [0.3, 0.4) is 0 Å². The molecule has 0 atom stereocenters. The first kappa shape index (κ1) is 18.7. The Kier molecular flexibility index (Phi) is 6.20. The number of nitrogens with zero attached hydrogens (tertiary/aromatic N) is 2. The molecule has 0 fully saturated rings. The van der Waals surface area contributed by atoms with Crippen LogP contribution in [0.1, 0.15) is 45.0 Å². The molecule has 0 spiro atoms. The van der Waals surface area contributed by atoms with E-state index < -0.39 is 11.6 Å². The van der Waals surface area contributed by atoms with Gasteiger partial charge in [0.2, 0.25) is 0 Å². The summed E-state index contributed by atoms with van der Waals surface area (Å²) in [5.41, 5.74) is -0.333. The van der Waals surface area contributed by atoms with Crippen LogP contribution in [0.15, 0.2) is 12.3 Å². The maximum absolute atomic E-state index is 12.5. The third-order valence-corrected chi connectivity index (χ3v) is 3.33. The van der Waals surface area contributed by atoms with Gasteiger partial charge >= 0.3 is 5.97 Å². The van der Waals surface area contributed by atoms with E-state index in [1.807, 2.05) is 13.8 Å². The van der Waals surface area contributed by atoms with Crippen LogP contribution in [0.2, 0.25) is 10.2 Å². The highest BCUT2D eigenvalue weighted by Crippen LogP contribution is 2.21. The zero-order chi connectivity index (χ0) is 17.1. The standard InChI is InChI=1S/C15H20Cl2N2O3/c1-9(2)19(8-12(20)22-15(3,4)5)14(21)10-6-11(16)13(17)18-7-10/h6-7,9H,8H2,1-5H3. The zero-order valence-electron chi connectivity index (χ0n) is 13.3. The lowest BCUT2D eigenvalue weighted by Crippen LogP contribution is -2.42. The minimum Gasteiger partial charge on any atom is -0.459 e. The fraction of sp³-hybridized carbons (Fsp3) is 0.533. The average molecular weight is 347 g/mol. The first-order chi connectivity index (χ1) is 10.0. The second kappa shape index (κ2) is 7.29. The van der Waals surface area contributed by atoms with Gasteiger partial charge in [-0.1, -0.05) is 23.2 Å². The van der Waals surface area contributed by atoms with E-state index in [0.29, 0.717) is 0 Å². The van der Waals surface area contributed by atoms with Gasteiger partial charge in [-0.15, -0.1) is 0 Å². The molecule has 0 unspecified atom stereocenters. The summed E-state index contributed by atoms with van der Waals surface area (Å²) < 4.78 is 5.25. The lowest BCUT2D eigenvalue weighted by Gasteiger charge is -2.28. The summed E-state index contributed by atoms with van der Waals surface area (Å²) >= 11 is 11.6. The van der Waals surface area contributed by atoms with Gasteiger partial charge in [0.05, 0.1) is 10.6 Å². The molecule has 7 heteroatoms. The highest BCUT2D eigenvalue weighted by molar-refractivity contribution is 6.41. The van der Waals surface area contributed by atoms with E-state index in [9.17, 15) is 9.59 Å². The molecule has 1 aromatic rings. The van der Waals surface area contributed by atoms with Crippen molar-refractivity contribution < 1.29 is 14.3 Å². The molecule has 0 aliphatic rings. The van der Waals surface area contributed by atoms with E-state index in [0.717, 1.165) is 0 Å². The number of carbonyl (C=O) groups is 2. The molecule has 0 aromatic carbocycles. The number of amides is 1. The molecule has 0 saturated carbocycles. The van der Waals surface area contributed by atoms with Gasteiger partial charge in [0.15, 0.2) is 0 Å². The predicted octanol–water partition coefficient (Wildman–Crippen LogP) is 3.58. The maximum Gasteiger partial charge on any atom is 0.326 e. The molecular weight excluding hydrogens is 327 g/mol. The van der Waals surface area contributed by atoms with Crippen LogP contribution >= 0.6 is 23.2 Å². The van der Waals surface area contributed by atoms with Crippen LogP contribution in [0.4, 0.5) is 0 Å². The Hall–Kier alpha value is -1.33. The molecule has 0 bridgehead atoms. The fourth-order valence-corrected chi connectivity index (χ4v) is 1.98. The summed E-state index contributed by atoms with van der Waals surface area (Å²) in [6.07, 6.45) is 1.33. The topological polar surface area (TPSA) is 59.5 Å². The van der Waals surface area contributed by atoms with Gasteiger partial charge in [0.25, 0.3) is 5.91 Å². The minimum absolute atomic E-state index is 0.126. The molecule has 0 saturated heterocycles. The molecule has 0 aliphatic heterocycles. The van der Waals surface area contributed by atoms with Crippen molar-refractivity contribution in [3.63, 3.8) is 0 Å². The number of hydrogen-bond donors (Lipinski definition) is 0. The Labute approximate surface area is 140 Å². The third-order valence-electron chi connectivity index (χ3n) is 2.65. The van der Waals surface area contributed by atoms with Crippen LogP contribution in [0.5, 0.6) is 0 Å². The number of carbonyl (C=O) groups excluding carboxylic acids is 2. The van der Waals surface area contributed by atoms with Crippen molar-refractivity contribution >= 4 is 35.1 Å². The number of rotatable bonds is 4. The van der Waals surface area contributed by atoms with Crippen molar-refractivity contribution in [1.82, 2.24) is 9.88 Å². The van der Waals surface area contributed by atoms with E-state index in [1.165, 1.54) is 17.2 Å². The maximum atomic E-state index is 12.5. The van der Waals surface area contributed by atoms with Gasteiger partial charge in [0, 0.05) is 12.2 Å². The minimum atomic E-state index is -0.603. The van der Waals surface area contributed by atoms with Crippen LogP contribution in [0, 0.1) is 0 Å². The van der Waals surface area contributed by atoms with E-state index in [1.54, 1.807) is 20.8 Å². The van der Waals surface area contributed by atoms with Gasteiger partial charge in [-0.25, -0.2) is 4.98 Å². The van der Waals surface area contributed by atoms with Crippen LogP contribution in [0.25, 0.3) is 0 Å². The lowest BCUT2D eigenvalue weighted by atomic mass is 10.2. The second-order valence-corrected chi connectivity index (χ2v) is 6.88. The molecule has 1 rings (SSSR count). The number of halogens is 2. The average Bonchev–Trinajstić information content (AvgIpc) is 2.36. The van der Waals surface area contributed by atoms with Crippen LogP contribution in [-0.4, -0.2) is 39.9 Å². The van der Waals surface area contributed by atoms with Gasteiger partial charge < -0.3 is 9.64 Å². The molecule has 22 heavy (non-hydrogen) atoms. The summed E-state index contributed by atoms with van der Waals surface area (Å²) in [7, 11) is 0. The van der Waals surface area contributed by atoms with Crippen LogP contribution in [-0.2, 0) is 9.53 Å². The summed E-state index contributed by atoms with van der Waals surface area (Å²) in [6, 6.07) is 1.25. The van der Waals surface area contributed by atoms with E-state index in [2.05, 4.69) is 4.98 Å². The Morgan fingerprint density at radius 3 is 2.36 bits per heavy atom. The van der Waals surface area contributed by atoms with Gasteiger partial charge in [-0.3, -0.25) is 9.59 Å². The monoisotopic (exact) mass is 346 g/mol. The molecule has 5 nitrogen and oxygen atoms in total. The van der Waals surface area contributed by atoms with Gasteiger partial charge in [-0.2, -0.15) is 0 Å².